The molecule has 1 heterocycles. The molecule has 0 amide bonds. The van der Waals surface area contributed by atoms with E-state index in [4.69, 9.17) is 4.74 Å². The van der Waals surface area contributed by atoms with Crippen LogP contribution in [0.25, 0.3) is 0 Å². The molecule has 0 radical (unpaired) electrons. The van der Waals surface area contributed by atoms with Gasteiger partial charge < -0.3 is 14.9 Å². The number of nitrogens with zero attached hydrogens (tertiary/aromatic N) is 1. The Balaban J connectivity index is 1.58. The number of benzene rings is 2. The third kappa shape index (κ3) is 4.11. The Morgan fingerprint density at radius 3 is 2.48 bits per heavy atom. The minimum absolute atomic E-state index is 0.167. The average Bonchev–Trinajstić information content (AvgIpc) is 2.64. The molecule has 5 heteroatoms. The molecule has 3 rings (SSSR count). The van der Waals surface area contributed by atoms with Gasteiger partial charge in [-0.25, -0.2) is 4.39 Å². The summed E-state index contributed by atoms with van der Waals surface area (Å²) in [4.78, 5) is 2.27. The molecule has 4 nitrogen and oxygen atoms in total. The Bertz CT molecular complexity index is 697. The zero-order valence-electron chi connectivity index (χ0n) is 14.4. The smallest absolute Gasteiger partial charge is 0.162 e. The Hall–Kier alpha value is -2.11. The van der Waals surface area contributed by atoms with E-state index in [0.29, 0.717) is 12.3 Å². The molecule has 0 bridgehead atoms. The minimum atomic E-state index is -0.562. The molecule has 2 aromatic carbocycles. The summed E-state index contributed by atoms with van der Waals surface area (Å²) in [5.41, 5.74) is 1.61. The van der Waals surface area contributed by atoms with Gasteiger partial charge in [-0.3, -0.25) is 4.90 Å². The highest BCUT2D eigenvalue weighted by Crippen LogP contribution is 2.34. The number of likely N-dealkylation sites (tertiary alicyclic amines) is 1. The number of methoxy groups -OCH3 is 1. The van der Waals surface area contributed by atoms with Crippen LogP contribution in [-0.4, -0.2) is 35.3 Å². The highest BCUT2D eigenvalue weighted by molar-refractivity contribution is 5.45. The van der Waals surface area contributed by atoms with Gasteiger partial charge in [0.2, 0.25) is 0 Å². The maximum atomic E-state index is 13.0. The van der Waals surface area contributed by atoms with Crippen LogP contribution in [0, 0.1) is 11.7 Å². The first kappa shape index (κ1) is 17.7. The summed E-state index contributed by atoms with van der Waals surface area (Å²) < 4.78 is 18.2. The number of hydrogen-bond acceptors (Lipinski definition) is 4. The Morgan fingerprint density at radius 2 is 1.84 bits per heavy atom. The largest absolute Gasteiger partial charge is 0.504 e. The molecule has 1 saturated heterocycles. The van der Waals surface area contributed by atoms with E-state index < -0.39 is 6.10 Å². The van der Waals surface area contributed by atoms with Gasteiger partial charge in [-0.1, -0.05) is 24.3 Å². The lowest BCUT2D eigenvalue weighted by molar-refractivity contribution is 0.0565. The number of aromatic hydroxyl groups is 1. The zero-order valence-corrected chi connectivity index (χ0v) is 14.4. The number of rotatable bonds is 5. The molecule has 1 atom stereocenters. The molecule has 2 N–H and O–H groups in total. The summed E-state index contributed by atoms with van der Waals surface area (Å²) in [6, 6.07) is 11.6. The van der Waals surface area contributed by atoms with E-state index in [-0.39, 0.29) is 17.5 Å². The number of phenolic OH excluding ortho intramolecular Hbond substituents is 1. The van der Waals surface area contributed by atoms with Crippen molar-refractivity contribution >= 4 is 0 Å². The first-order valence-corrected chi connectivity index (χ1v) is 8.59. The summed E-state index contributed by atoms with van der Waals surface area (Å²) in [5.74, 6) is 0.557. The van der Waals surface area contributed by atoms with E-state index in [2.05, 4.69) is 4.90 Å². The molecule has 0 aromatic heterocycles. The van der Waals surface area contributed by atoms with Crippen LogP contribution < -0.4 is 4.74 Å². The Kier molecular flexibility index (Phi) is 5.56. The second-order valence-electron chi connectivity index (χ2n) is 6.58. The summed E-state index contributed by atoms with van der Waals surface area (Å²) >= 11 is 0. The SMILES string of the molecule is COc1cccc(CN2CCC(C(O)c3ccc(F)cc3)CC2)c1O. The second kappa shape index (κ2) is 7.85. The normalized spacial score (nSPS) is 17.4. The quantitative estimate of drug-likeness (QED) is 0.871. The van der Waals surface area contributed by atoms with Gasteiger partial charge in [-0.2, -0.15) is 0 Å². The van der Waals surface area contributed by atoms with E-state index in [9.17, 15) is 14.6 Å². The molecular formula is C20H24FNO3. The van der Waals surface area contributed by atoms with Crippen LogP contribution in [0.4, 0.5) is 4.39 Å². The highest BCUT2D eigenvalue weighted by Gasteiger charge is 2.26. The number of hydrogen-bond donors (Lipinski definition) is 2. The van der Waals surface area contributed by atoms with E-state index in [0.717, 1.165) is 37.1 Å². The average molecular weight is 345 g/mol. The number of piperidine rings is 1. The maximum Gasteiger partial charge on any atom is 0.162 e. The van der Waals surface area contributed by atoms with Gasteiger partial charge in [0, 0.05) is 12.1 Å². The van der Waals surface area contributed by atoms with Crippen molar-refractivity contribution in [3.05, 3.63) is 59.4 Å². The molecule has 1 aliphatic rings. The second-order valence-corrected chi connectivity index (χ2v) is 6.58. The topological polar surface area (TPSA) is 52.9 Å². The minimum Gasteiger partial charge on any atom is -0.504 e. The molecule has 2 aromatic rings. The van der Waals surface area contributed by atoms with E-state index in [1.807, 2.05) is 12.1 Å². The number of para-hydroxylation sites is 1. The van der Waals surface area contributed by atoms with Gasteiger partial charge in [0.25, 0.3) is 0 Å². The third-order valence-corrected chi connectivity index (χ3v) is 4.99. The number of ether oxygens (including phenoxy) is 1. The van der Waals surface area contributed by atoms with Crippen molar-refractivity contribution in [2.24, 2.45) is 5.92 Å². The van der Waals surface area contributed by atoms with Gasteiger partial charge in [-0.15, -0.1) is 0 Å². The number of phenols is 1. The molecule has 0 aliphatic carbocycles. The van der Waals surface area contributed by atoms with Gasteiger partial charge in [0.15, 0.2) is 11.5 Å². The standard InChI is InChI=1S/C20H24FNO3/c1-25-18-4-2-3-16(20(18)24)13-22-11-9-15(10-12-22)19(23)14-5-7-17(21)8-6-14/h2-8,15,19,23-24H,9-13H2,1H3. The van der Waals surface area contributed by atoms with Crippen LogP contribution in [0.1, 0.15) is 30.1 Å². The molecule has 134 valence electrons. The summed E-state index contributed by atoms with van der Waals surface area (Å²) in [5, 5.41) is 20.7. The van der Waals surface area contributed by atoms with Crippen molar-refractivity contribution in [3.8, 4) is 11.5 Å². The van der Waals surface area contributed by atoms with Gasteiger partial charge in [0.1, 0.15) is 5.82 Å². The molecule has 1 fully saturated rings. The summed E-state index contributed by atoms with van der Waals surface area (Å²) in [7, 11) is 1.54. The highest BCUT2D eigenvalue weighted by atomic mass is 19.1. The lowest BCUT2D eigenvalue weighted by atomic mass is 9.87. The third-order valence-electron chi connectivity index (χ3n) is 4.99. The molecule has 0 saturated carbocycles. The van der Waals surface area contributed by atoms with Crippen molar-refractivity contribution in [1.29, 1.82) is 0 Å². The van der Waals surface area contributed by atoms with Crippen LogP contribution in [0.2, 0.25) is 0 Å². The van der Waals surface area contributed by atoms with Crippen molar-refractivity contribution < 1.29 is 19.3 Å². The van der Waals surface area contributed by atoms with Crippen LogP contribution >= 0.6 is 0 Å². The van der Waals surface area contributed by atoms with Crippen molar-refractivity contribution in [2.75, 3.05) is 20.2 Å². The fourth-order valence-corrected chi connectivity index (χ4v) is 3.46. The monoisotopic (exact) mass is 345 g/mol. The van der Waals surface area contributed by atoms with Crippen LogP contribution in [0.5, 0.6) is 11.5 Å². The predicted octanol–water partition coefficient (Wildman–Crippen LogP) is 3.49. The Morgan fingerprint density at radius 1 is 1.16 bits per heavy atom. The molecular weight excluding hydrogens is 321 g/mol. The fraction of sp³-hybridized carbons (Fsp3) is 0.400. The summed E-state index contributed by atoms with van der Waals surface area (Å²) in [6.45, 7) is 2.35. The van der Waals surface area contributed by atoms with Crippen molar-refractivity contribution in [1.82, 2.24) is 4.90 Å². The van der Waals surface area contributed by atoms with Gasteiger partial charge in [-0.05, 0) is 55.6 Å². The van der Waals surface area contributed by atoms with Gasteiger partial charge in [0.05, 0.1) is 13.2 Å². The molecule has 0 spiro atoms. The number of halogens is 1. The fourth-order valence-electron chi connectivity index (χ4n) is 3.46. The lowest BCUT2D eigenvalue weighted by Gasteiger charge is -2.34. The van der Waals surface area contributed by atoms with Gasteiger partial charge >= 0.3 is 0 Å². The van der Waals surface area contributed by atoms with Crippen LogP contribution in [-0.2, 0) is 6.54 Å². The van der Waals surface area contributed by atoms with Crippen LogP contribution in [0.3, 0.4) is 0 Å². The summed E-state index contributed by atoms with van der Waals surface area (Å²) in [6.07, 6.45) is 1.17. The molecule has 1 aliphatic heterocycles. The van der Waals surface area contributed by atoms with Crippen molar-refractivity contribution in [2.45, 2.75) is 25.5 Å². The Labute approximate surface area is 147 Å². The lowest BCUT2D eigenvalue weighted by Crippen LogP contribution is -2.35. The van der Waals surface area contributed by atoms with Crippen molar-refractivity contribution in [3.63, 3.8) is 0 Å². The first-order valence-electron chi connectivity index (χ1n) is 8.59. The van der Waals surface area contributed by atoms with Crippen LogP contribution in [0.15, 0.2) is 42.5 Å². The predicted molar refractivity (Wildman–Crippen MR) is 94.0 cm³/mol. The zero-order chi connectivity index (χ0) is 17.8. The number of aliphatic hydroxyl groups is 1. The van der Waals surface area contributed by atoms with E-state index in [1.165, 1.54) is 12.1 Å². The van der Waals surface area contributed by atoms with E-state index >= 15 is 0 Å². The maximum absolute atomic E-state index is 13.0. The molecule has 25 heavy (non-hydrogen) atoms. The number of aliphatic hydroxyl groups excluding tert-OH is 1. The molecule has 1 unspecified atom stereocenters. The first-order chi connectivity index (χ1) is 12.1. The van der Waals surface area contributed by atoms with E-state index in [1.54, 1.807) is 25.3 Å².